The van der Waals surface area contributed by atoms with Gasteiger partial charge in [-0.2, -0.15) is 0 Å². The van der Waals surface area contributed by atoms with Crippen LogP contribution in [0.25, 0.3) is 0 Å². The second-order valence-corrected chi connectivity index (χ2v) is 9.44. The SMILES string of the molecule is COCCOc1ccc(OCC(O)CNCCN(COC(=O)C(C)(C)C)C(=O)N2CCOCC2)cc1. The predicted molar refractivity (Wildman–Crippen MR) is 133 cm³/mol. The molecule has 1 atom stereocenters. The topological polar surface area (TPSA) is 119 Å². The van der Waals surface area contributed by atoms with Crippen LogP contribution in [0.3, 0.4) is 0 Å². The fourth-order valence-corrected chi connectivity index (χ4v) is 3.13. The number of hydrogen-bond donors (Lipinski definition) is 2. The Morgan fingerprint density at radius 1 is 1.11 bits per heavy atom. The maximum atomic E-state index is 12.9. The predicted octanol–water partition coefficient (Wildman–Crippen LogP) is 1.34. The van der Waals surface area contributed by atoms with Crippen LogP contribution in [0.1, 0.15) is 20.8 Å². The number of amides is 2. The Kier molecular flexibility index (Phi) is 12.8. The van der Waals surface area contributed by atoms with Gasteiger partial charge in [0.25, 0.3) is 0 Å². The molecule has 11 heteroatoms. The summed E-state index contributed by atoms with van der Waals surface area (Å²) in [4.78, 5) is 28.3. The molecule has 0 aliphatic carbocycles. The smallest absolute Gasteiger partial charge is 0.322 e. The Morgan fingerprint density at radius 2 is 1.75 bits per heavy atom. The molecule has 1 aromatic carbocycles. The van der Waals surface area contributed by atoms with Crippen LogP contribution in [0, 0.1) is 5.41 Å². The van der Waals surface area contributed by atoms with Crippen LogP contribution in [-0.4, -0.2) is 113 Å². The van der Waals surface area contributed by atoms with Crippen LogP contribution >= 0.6 is 0 Å². The van der Waals surface area contributed by atoms with Gasteiger partial charge in [0.15, 0.2) is 6.73 Å². The number of nitrogens with zero attached hydrogens (tertiary/aromatic N) is 2. The van der Waals surface area contributed by atoms with E-state index >= 15 is 0 Å². The number of carbonyl (C=O) groups excluding carboxylic acids is 2. The standard InChI is InChI=1S/C25H41N3O8/c1-25(2,3)23(30)36-19-28(24(31)27-11-13-33-14-12-27)10-9-26-17-20(29)18-35-22-7-5-21(6-8-22)34-16-15-32-4/h5-8,20,26,29H,9-19H2,1-4H3. The van der Waals surface area contributed by atoms with Gasteiger partial charge in [0.05, 0.1) is 25.2 Å². The van der Waals surface area contributed by atoms with Crippen molar-refractivity contribution in [3.8, 4) is 11.5 Å². The van der Waals surface area contributed by atoms with E-state index in [0.717, 1.165) is 0 Å². The Bertz CT molecular complexity index is 779. The number of urea groups is 1. The van der Waals surface area contributed by atoms with Crippen molar-refractivity contribution in [3.63, 3.8) is 0 Å². The van der Waals surface area contributed by atoms with E-state index in [1.165, 1.54) is 4.90 Å². The molecular weight excluding hydrogens is 470 g/mol. The third-order valence-electron chi connectivity index (χ3n) is 5.28. The number of esters is 1. The number of hydrogen-bond acceptors (Lipinski definition) is 9. The number of nitrogens with one attached hydrogen (secondary N) is 1. The van der Waals surface area contributed by atoms with Crippen LogP contribution < -0.4 is 14.8 Å². The number of ether oxygens (including phenoxy) is 5. The van der Waals surface area contributed by atoms with E-state index in [9.17, 15) is 14.7 Å². The highest BCUT2D eigenvalue weighted by Crippen LogP contribution is 2.18. The number of morpholine rings is 1. The van der Waals surface area contributed by atoms with Crippen molar-refractivity contribution in [3.05, 3.63) is 24.3 Å². The largest absolute Gasteiger partial charge is 0.491 e. The van der Waals surface area contributed by atoms with Gasteiger partial charge < -0.3 is 39.0 Å². The van der Waals surface area contributed by atoms with Gasteiger partial charge in [-0.15, -0.1) is 0 Å². The molecule has 2 amide bonds. The van der Waals surface area contributed by atoms with E-state index in [1.54, 1.807) is 57.0 Å². The molecule has 1 heterocycles. The van der Waals surface area contributed by atoms with Gasteiger partial charge in [-0.25, -0.2) is 4.79 Å². The Balaban J connectivity index is 1.74. The molecule has 1 aliphatic rings. The van der Waals surface area contributed by atoms with Crippen molar-refractivity contribution in [1.29, 1.82) is 0 Å². The lowest BCUT2D eigenvalue weighted by atomic mass is 9.98. The Morgan fingerprint density at radius 3 is 2.36 bits per heavy atom. The van der Waals surface area contributed by atoms with E-state index in [0.29, 0.717) is 64.1 Å². The number of rotatable bonds is 14. The van der Waals surface area contributed by atoms with Gasteiger partial charge in [-0.1, -0.05) is 0 Å². The van der Waals surface area contributed by atoms with Crippen molar-refractivity contribution >= 4 is 12.0 Å². The van der Waals surface area contributed by atoms with Crippen LogP contribution in [0.2, 0.25) is 0 Å². The van der Waals surface area contributed by atoms with Crippen molar-refractivity contribution in [2.24, 2.45) is 5.41 Å². The van der Waals surface area contributed by atoms with Crippen LogP contribution in [0.5, 0.6) is 11.5 Å². The molecule has 2 N–H and O–H groups in total. The second kappa shape index (κ2) is 15.5. The lowest BCUT2D eigenvalue weighted by molar-refractivity contribution is -0.156. The highest BCUT2D eigenvalue weighted by Gasteiger charge is 2.27. The first-order valence-corrected chi connectivity index (χ1v) is 12.2. The first kappa shape index (κ1) is 29.6. The lowest BCUT2D eigenvalue weighted by Crippen LogP contribution is -2.51. The minimum Gasteiger partial charge on any atom is -0.491 e. The summed E-state index contributed by atoms with van der Waals surface area (Å²) in [7, 11) is 1.62. The van der Waals surface area contributed by atoms with E-state index in [-0.39, 0.29) is 31.9 Å². The summed E-state index contributed by atoms with van der Waals surface area (Å²) in [5, 5.41) is 13.4. The number of aliphatic hydroxyl groups excluding tert-OH is 1. The van der Waals surface area contributed by atoms with Crippen molar-refractivity contribution in [1.82, 2.24) is 15.1 Å². The highest BCUT2D eigenvalue weighted by atomic mass is 16.5. The first-order chi connectivity index (χ1) is 17.2. The molecule has 2 rings (SSSR count). The normalized spacial score (nSPS) is 14.8. The number of methoxy groups -OCH3 is 1. The van der Waals surface area contributed by atoms with Gasteiger partial charge in [0.2, 0.25) is 0 Å². The maximum absolute atomic E-state index is 12.9. The minimum absolute atomic E-state index is 0.108. The van der Waals surface area contributed by atoms with E-state index in [4.69, 9.17) is 23.7 Å². The summed E-state index contributed by atoms with van der Waals surface area (Å²) in [5.41, 5.74) is -0.659. The molecule has 36 heavy (non-hydrogen) atoms. The summed E-state index contributed by atoms with van der Waals surface area (Å²) in [5.74, 6) is 0.958. The summed E-state index contributed by atoms with van der Waals surface area (Å²) in [6.07, 6.45) is -0.746. The number of benzene rings is 1. The van der Waals surface area contributed by atoms with Gasteiger partial charge in [-0.3, -0.25) is 9.69 Å². The molecule has 11 nitrogen and oxygen atoms in total. The summed E-state index contributed by atoms with van der Waals surface area (Å²) in [6.45, 7) is 9.19. The quantitative estimate of drug-likeness (QED) is 0.217. The molecule has 1 saturated heterocycles. The molecule has 1 aromatic rings. The lowest BCUT2D eigenvalue weighted by Gasteiger charge is -2.33. The zero-order valence-corrected chi connectivity index (χ0v) is 21.9. The third kappa shape index (κ3) is 11.0. The molecule has 1 aliphatic heterocycles. The molecule has 1 unspecified atom stereocenters. The monoisotopic (exact) mass is 511 g/mol. The summed E-state index contributed by atoms with van der Waals surface area (Å²) >= 11 is 0. The molecule has 0 saturated carbocycles. The highest BCUT2D eigenvalue weighted by molar-refractivity contribution is 5.77. The number of aliphatic hydroxyl groups is 1. The fraction of sp³-hybridized carbons (Fsp3) is 0.680. The molecule has 1 fully saturated rings. The van der Waals surface area contributed by atoms with Crippen molar-refractivity contribution in [2.75, 3.05) is 79.6 Å². The van der Waals surface area contributed by atoms with E-state index in [2.05, 4.69) is 5.32 Å². The first-order valence-electron chi connectivity index (χ1n) is 12.2. The maximum Gasteiger partial charge on any atom is 0.322 e. The van der Waals surface area contributed by atoms with Crippen molar-refractivity contribution < 1.29 is 38.4 Å². The zero-order valence-electron chi connectivity index (χ0n) is 21.9. The van der Waals surface area contributed by atoms with Crippen LogP contribution in [0.4, 0.5) is 4.79 Å². The zero-order chi connectivity index (χ0) is 26.4. The van der Waals surface area contributed by atoms with Gasteiger partial charge in [0.1, 0.15) is 30.8 Å². The molecule has 204 valence electrons. The molecule has 0 aromatic heterocycles. The Labute approximate surface area is 213 Å². The summed E-state index contributed by atoms with van der Waals surface area (Å²) in [6, 6.07) is 6.93. The van der Waals surface area contributed by atoms with Crippen LogP contribution in [0.15, 0.2) is 24.3 Å². The molecule has 0 radical (unpaired) electrons. The average molecular weight is 512 g/mol. The molecular formula is C25H41N3O8. The third-order valence-corrected chi connectivity index (χ3v) is 5.28. The van der Waals surface area contributed by atoms with Crippen molar-refractivity contribution in [2.45, 2.75) is 26.9 Å². The van der Waals surface area contributed by atoms with Gasteiger partial charge in [0, 0.05) is 39.8 Å². The van der Waals surface area contributed by atoms with Gasteiger partial charge >= 0.3 is 12.0 Å². The number of carbonyl (C=O) groups is 2. The van der Waals surface area contributed by atoms with E-state index in [1.807, 2.05) is 0 Å². The van der Waals surface area contributed by atoms with Gasteiger partial charge in [-0.05, 0) is 45.0 Å². The summed E-state index contributed by atoms with van der Waals surface area (Å²) < 4.78 is 26.8. The minimum atomic E-state index is -0.746. The van der Waals surface area contributed by atoms with E-state index < -0.39 is 11.5 Å². The Hall–Kier alpha value is -2.60. The fourth-order valence-electron chi connectivity index (χ4n) is 3.13. The van der Waals surface area contributed by atoms with Crippen LogP contribution in [-0.2, 0) is 19.0 Å². The second-order valence-electron chi connectivity index (χ2n) is 9.44. The molecule has 0 spiro atoms. The average Bonchev–Trinajstić information content (AvgIpc) is 2.87. The molecule has 0 bridgehead atoms.